The molecule has 3 rings (SSSR count). The molecule has 3 nitrogen and oxygen atoms in total. The normalized spacial score (nSPS) is 20.9. The van der Waals surface area contributed by atoms with Crippen molar-refractivity contribution in [3.8, 4) is 6.07 Å². The first-order valence-corrected chi connectivity index (χ1v) is 7.17. The standard InChI is InChI=1S/C17H21N3/c1-16(2,3)20-14-7-6-11(10-18)8-13(14)19-15(20)12-9-17(12,4)5/h6-8,12H,9H2,1-5H3. The van der Waals surface area contributed by atoms with Crippen LogP contribution < -0.4 is 0 Å². The third-order valence-electron chi connectivity index (χ3n) is 4.31. The molecule has 1 aromatic heterocycles. The Kier molecular flexibility index (Phi) is 2.54. The molecular formula is C17H21N3. The van der Waals surface area contributed by atoms with E-state index in [0.29, 0.717) is 16.9 Å². The third-order valence-corrected chi connectivity index (χ3v) is 4.31. The van der Waals surface area contributed by atoms with Crippen molar-refractivity contribution in [2.75, 3.05) is 0 Å². The molecule has 1 unspecified atom stereocenters. The number of rotatable bonds is 1. The van der Waals surface area contributed by atoms with E-state index >= 15 is 0 Å². The van der Waals surface area contributed by atoms with Gasteiger partial charge in [0.1, 0.15) is 5.82 Å². The summed E-state index contributed by atoms with van der Waals surface area (Å²) in [4.78, 5) is 4.86. The smallest absolute Gasteiger partial charge is 0.114 e. The topological polar surface area (TPSA) is 41.6 Å². The first-order chi connectivity index (χ1) is 9.24. The van der Waals surface area contributed by atoms with E-state index in [2.05, 4.69) is 45.3 Å². The molecule has 1 fully saturated rings. The number of hydrogen-bond donors (Lipinski definition) is 0. The quantitative estimate of drug-likeness (QED) is 0.778. The molecule has 1 aliphatic rings. The average Bonchev–Trinajstić information content (AvgIpc) is 2.83. The average molecular weight is 267 g/mol. The van der Waals surface area contributed by atoms with Gasteiger partial charge in [0.25, 0.3) is 0 Å². The number of nitriles is 1. The van der Waals surface area contributed by atoms with Gasteiger partial charge in [-0.15, -0.1) is 0 Å². The van der Waals surface area contributed by atoms with E-state index in [1.54, 1.807) is 0 Å². The van der Waals surface area contributed by atoms with Crippen molar-refractivity contribution >= 4 is 11.0 Å². The van der Waals surface area contributed by atoms with Crippen molar-refractivity contribution in [2.24, 2.45) is 5.41 Å². The van der Waals surface area contributed by atoms with Gasteiger partial charge in [-0.05, 0) is 50.8 Å². The van der Waals surface area contributed by atoms with Gasteiger partial charge in [0.15, 0.2) is 0 Å². The predicted octanol–water partition coefficient (Wildman–Crippen LogP) is 4.18. The molecule has 0 amide bonds. The first-order valence-electron chi connectivity index (χ1n) is 7.17. The van der Waals surface area contributed by atoms with E-state index < -0.39 is 0 Å². The lowest BCUT2D eigenvalue weighted by Crippen LogP contribution is -2.24. The van der Waals surface area contributed by atoms with E-state index in [0.717, 1.165) is 11.0 Å². The molecule has 0 N–H and O–H groups in total. The minimum atomic E-state index is -0.00306. The number of aromatic nitrogens is 2. The number of benzene rings is 1. The molecule has 0 bridgehead atoms. The predicted molar refractivity (Wildman–Crippen MR) is 80.6 cm³/mol. The zero-order valence-electron chi connectivity index (χ0n) is 12.9. The van der Waals surface area contributed by atoms with Gasteiger partial charge in [-0.1, -0.05) is 13.8 Å². The molecule has 0 radical (unpaired) electrons. The van der Waals surface area contributed by atoms with Crippen LogP contribution in [0.5, 0.6) is 0 Å². The fraction of sp³-hybridized carbons (Fsp3) is 0.529. The highest BCUT2D eigenvalue weighted by Gasteiger charge is 2.50. The number of fused-ring (bicyclic) bond motifs is 1. The largest absolute Gasteiger partial charge is 0.322 e. The molecule has 1 atom stereocenters. The Balaban J connectivity index is 2.26. The molecule has 3 heteroatoms. The fourth-order valence-corrected chi connectivity index (χ4v) is 3.02. The molecule has 2 aromatic rings. The summed E-state index contributed by atoms with van der Waals surface area (Å²) in [6.45, 7) is 11.2. The molecular weight excluding hydrogens is 246 g/mol. The minimum absolute atomic E-state index is 0.00306. The van der Waals surface area contributed by atoms with Crippen LogP contribution in [0.4, 0.5) is 0 Å². The van der Waals surface area contributed by atoms with Gasteiger partial charge in [-0.25, -0.2) is 4.98 Å². The zero-order chi connectivity index (χ0) is 14.7. The van der Waals surface area contributed by atoms with Gasteiger partial charge >= 0.3 is 0 Å². The van der Waals surface area contributed by atoms with Gasteiger partial charge in [-0.2, -0.15) is 5.26 Å². The summed E-state index contributed by atoms with van der Waals surface area (Å²) < 4.78 is 2.35. The minimum Gasteiger partial charge on any atom is -0.322 e. The van der Waals surface area contributed by atoms with Crippen molar-refractivity contribution in [3.63, 3.8) is 0 Å². The highest BCUT2D eigenvalue weighted by molar-refractivity contribution is 5.78. The van der Waals surface area contributed by atoms with Crippen LogP contribution in [0.15, 0.2) is 18.2 Å². The maximum atomic E-state index is 9.05. The van der Waals surface area contributed by atoms with Crippen molar-refractivity contribution < 1.29 is 0 Å². The second kappa shape index (κ2) is 3.85. The summed E-state index contributed by atoms with van der Waals surface area (Å²) in [7, 11) is 0. The Bertz CT molecular complexity index is 723. The number of imidazole rings is 1. The van der Waals surface area contributed by atoms with E-state index in [9.17, 15) is 0 Å². The van der Waals surface area contributed by atoms with Crippen LogP contribution in [-0.2, 0) is 5.54 Å². The number of hydrogen-bond acceptors (Lipinski definition) is 2. The van der Waals surface area contributed by atoms with Crippen LogP contribution in [0.2, 0.25) is 0 Å². The Morgan fingerprint density at radius 1 is 1.35 bits per heavy atom. The Hall–Kier alpha value is -1.82. The highest BCUT2D eigenvalue weighted by atomic mass is 15.1. The van der Waals surface area contributed by atoms with Crippen LogP contribution in [0.3, 0.4) is 0 Å². The monoisotopic (exact) mass is 267 g/mol. The van der Waals surface area contributed by atoms with Crippen molar-refractivity contribution in [1.29, 1.82) is 5.26 Å². The third kappa shape index (κ3) is 1.91. The van der Waals surface area contributed by atoms with Crippen molar-refractivity contribution in [3.05, 3.63) is 29.6 Å². The molecule has 1 aliphatic carbocycles. The molecule has 0 spiro atoms. The van der Waals surface area contributed by atoms with Gasteiger partial charge in [-0.3, -0.25) is 0 Å². The SMILES string of the molecule is CC1(C)CC1c1nc2cc(C#N)ccc2n1C(C)(C)C. The van der Waals surface area contributed by atoms with Gasteiger partial charge in [0, 0.05) is 11.5 Å². The van der Waals surface area contributed by atoms with Crippen LogP contribution >= 0.6 is 0 Å². The van der Waals surface area contributed by atoms with Crippen LogP contribution in [-0.4, -0.2) is 9.55 Å². The molecule has 1 saturated carbocycles. The molecule has 0 aliphatic heterocycles. The van der Waals surface area contributed by atoms with Crippen LogP contribution in [0.25, 0.3) is 11.0 Å². The Morgan fingerprint density at radius 2 is 2.00 bits per heavy atom. The highest BCUT2D eigenvalue weighted by Crippen LogP contribution is 2.59. The lowest BCUT2D eigenvalue weighted by atomic mass is 10.1. The summed E-state index contributed by atoms with van der Waals surface area (Å²) in [5.74, 6) is 1.70. The molecule has 104 valence electrons. The van der Waals surface area contributed by atoms with E-state index in [1.807, 2.05) is 18.2 Å². The van der Waals surface area contributed by atoms with E-state index in [1.165, 1.54) is 12.2 Å². The van der Waals surface area contributed by atoms with Gasteiger partial charge in [0.2, 0.25) is 0 Å². The fourth-order valence-electron chi connectivity index (χ4n) is 3.02. The van der Waals surface area contributed by atoms with Crippen LogP contribution in [0, 0.1) is 16.7 Å². The lowest BCUT2D eigenvalue weighted by Gasteiger charge is -2.25. The molecule has 0 saturated heterocycles. The van der Waals surface area contributed by atoms with E-state index in [-0.39, 0.29) is 5.54 Å². The zero-order valence-corrected chi connectivity index (χ0v) is 12.9. The maximum absolute atomic E-state index is 9.05. The lowest BCUT2D eigenvalue weighted by molar-refractivity contribution is 0.389. The Morgan fingerprint density at radius 3 is 2.50 bits per heavy atom. The summed E-state index contributed by atoms with van der Waals surface area (Å²) in [6, 6.07) is 8.01. The number of nitrogens with zero attached hydrogens (tertiary/aromatic N) is 3. The summed E-state index contributed by atoms with van der Waals surface area (Å²) in [5.41, 5.74) is 3.10. The van der Waals surface area contributed by atoms with E-state index in [4.69, 9.17) is 10.2 Å². The second-order valence-electron chi connectivity index (χ2n) is 7.54. The van der Waals surface area contributed by atoms with Crippen molar-refractivity contribution in [1.82, 2.24) is 9.55 Å². The van der Waals surface area contributed by atoms with Gasteiger partial charge in [0.05, 0.1) is 22.7 Å². The molecule has 20 heavy (non-hydrogen) atoms. The molecule has 1 heterocycles. The molecule has 1 aromatic carbocycles. The Labute approximate surface area is 120 Å². The summed E-state index contributed by atoms with van der Waals surface area (Å²) in [5, 5.41) is 9.05. The first kappa shape index (κ1) is 13.2. The maximum Gasteiger partial charge on any atom is 0.114 e. The van der Waals surface area contributed by atoms with Gasteiger partial charge < -0.3 is 4.57 Å². The van der Waals surface area contributed by atoms with Crippen LogP contribution in [0.1, 0.15) is 58.3 Å². The summed E-state index contributed by atoms with van der Waals surface area (Å²) >= 11 is 0. The summed E-state index contributed by atoms with van der Waals surface area (Å²) in [6.07, 6.45) is 1.19. The second-order valence-corrected chi connectivity index (χ2v) is 7.54. The van der Waals surface area contributed by atoms with Crippen molar-refractivity contribution in [2.45, 2.75) is 52.5 Å².